The molecule has 29 heavy (non-hydrogen) atoms. The van der Waals surface area contributed by atoms with Gasteiger partial charge < -0.3 is 15.2 Å². The number of aliphatic hydroxyl groups is 1. The lowest BCUT2D eigenvalue weighted by Crippen LogP contribution is -2.33. The summed E-state index contributed by atoms with van der Waals surface area (Å²) in [6, 6.07) is 4.09. The molecule has 11 heteroatoms. The first-order valence-electron chi connectivity index (χ1n) is 8.49. The average Bonchev–Trinajstić information content (AvgIpc) is 2.64. The van der Waals surface area contributed by atoms with Gasteiger partial charge in [0.05, 0.1) is 34.3 Å². The number of thioether (sulfide) groups is 1. The number of benzene rings is 1. The maximum absolute atomic E-state index is 13.2. The third-order valence-corrected chi connectivity index (χ3v) is 4.86. The average molecular weight is 432 g/mol. The summed E-state index contributed by atoms with van der Waals surface area (Å²) < 4.78 is 44.6. The number of nitro groups is 1. The van der Waals surface area contributed by atoms with E-state index in [-0.39, 0.29) is 40.8 Å². The van der Waals surface area contributed by atoms with Gasteiger partial charge in [-0.3, -0.25) is 10.1 Å². The molecular weight excluding hydrogens is 413 g/mol. The Balaban J connectivity index is 2.73. The molecule has 2 rings (SSSR count). The highest BCUT2D eigenvalue weighted by Gasteiger charge is 2.42. The van der Waals surface area contributed by atoms with E-state index in [1.807, 2.05) is 0 Å². The molecule has 0 saturated heterocycles. The lowest BCUT2D eigenvalue weighted by molar-refractivity contribution is -0.431. The molecule has 2 N–H and O–H groups in total. The number of carbonyl (C=O) groups excluding carboxylic acids is 1. The Kier molecular flexibility index (Phi) is 7.31. The molecule has 1 heterocycles. The van der Waals surface area contributed by atoms with Crippen LogP contribution in [0.4, 0.5) is 13.2 Å². The Labute approximate surface area is 168 Å². The van der Waals surface area contributed by atoms with E-state index in [0.29, 0.717) is 0 Å². The smallest absolute Gasteiger partial charge is 0.416 e. The highest BCUT2D eigenvalue weighted by Crippen LogP contribution is 2.41. The van der Waals surface area contributed by atoms with Gasteiger partial charge in [0.1, 0.15) is 5.92 Å². The number of aliphatic hydroxyl groups excluding tert-OH is 1. The molecule has 1 unspecified atom stereocenters. The fourth-order valence-electron chi connectivity index (χ4n) is 3.06. The number of hydrogen-bond donors (Lipinski definition) is 2. The monoisotopic (exact) mass is 432 g/mol. The van der Waals surface area contributed by atoms with E-state index in [2.05, 4.69) is 5.32 Å². The first-order valence-corrected chi connectivity index (χ1v) is 9.65. The third kappa shape index (κ3) is 5.10. The molecule has 1 atom stereocenters. The van der Waals surface area contributed by atoms with Gasteiger partial charge in [-0.2, -0.15) is 13.2 Å². The maximum Gasteiger partial charge on any atom is 0.416 e. The van der Waals surface area contributed by atoms with E-state index in [1.54, 1.807) is 6.92 Å². The summed E-state index contributed by atoms with van der Waals surface area (Å²) in [5.41, 5.74) is -1.29. The number of esters is 1. The van der Waals surface area contributed by atoms with Crippen LogP contribution >= 0.6 is 11.8 Å². The molecule has 0 fully saturated rings. The lowest BCUT2D eigenvalue weighted by atomic mass is 9.83. The first kappa shape index (κ1) is 22.8. The van der Waals surface area contributed by atoms with Crippen LogP contribution in [0.1, 0.15) is 30.9 Å². The van der Waals surface area contributed by atoms with E-state index in [9.17, 15) is 28.1 Å². The second-order valence-corrected chi connectivity index (χ2v) is 6.99. The number of rotatable bonds is 7. The number of alkyl halides is 3. The minimum Gasteiger partial charge on any atom is -0.463 e. The zero-order valence-corrected chi connectivity index (χ0v) is 16.4. The van der Waals surface area contributed by atoms with Gasteiger partial charge in [0.25, 0.3) is 5.70 Å². The van der Waals surface area contributed by atoms with Gasteiger partial charge >= 0.3 is 12.1 Å². The minimum absolute atomic E-state index is 0.0193. The lowest BCUT2D eigenvalue weighted by Gasteiger charge is -2.28. The molecule has 0 saturated carbocycles. The van der Waals surface area contributed by atoms with Gasteiger partial charge in [-0.25, -0.2) is 4.79 Å². The number of dihydropyridines is 1. The van der Waals surface area contributed by atoms with Crippen molar-refractivity contribution >= 4 is 17.7 Å². The van der Waals surface area contributed by atoms with Crippen LogP contribution in [-0.2, 0) is 15.7 Å². The van der Waals surface area contributed by atoms with Gasteiger partial charge in [0.2, 0.25) is 0 Å². The van der Waals surface area contributed by atoms with Gasteiger partial charge in [0.15, 0.2) is 0 Å². The van der Waals surface area contributed by atoms with Crippen LogP contribution in [0.5, 0.6) is 0 Å². The van der Waals surface area contributed by atoms with Crippen LogP contribution in [0, 0.1) is 10.1 Å². The van der Waals surface area contributed by atoms with Gasteiger partial charge in [-0.15, -0.1) is 11.8 Å². The Morgan fingerprint density at radius 2 is 2.10 bits per heavy atom. The largest absolute Gasteiger partial charge is 0.463 e. The standard InChI is InChI=1S/C18H19F3N2O5S/c1-3-28-17(25)15-13(8-29-9-24)22-10(2)16(23(26)27)14(15)11-5-4-6-12(7-11)18(19,20)21/h4-7,14,22,24H,3,8-9H2,1-2H3. The highest BCUT2D eigenvalue weighted by atomic mass is 32.2. The number of carbonyl (C=O) groups is 1. The summed E-state index contributed by atoms with van der Waals surface area (Å²) in [6.45, 7) is 2.94. The van der Waals surface area contributed by atoms with Crippen molar-refractivity contribution in [3.05, 3.63) is 68.2 Å². The summed E-state index contributed by atoms with van der Waals surface area (Å²) >= 11 is 1.03. The predicted octanol–water partition coefficient (Wildman–Crippen LogP) is 3.40. The molecule has 0 aliphatic carbocycles. The van der Waals surface area contributed by atoms with Gasteiger partial charge in [0, 0.05) is 11.4 Å². The molecule has 0 radical (unpaired) electrons. The highest BCUT2D eigenvalue weighted by molar-refractivity contribution is 7.99. The van der Waals surface area contributed by atoms with Gasteiger partial charge in [-0.1, -0.05) is 18.2 Å². The van der Waals surface area contributed by atoms with Crippen LogP contribution < -0.4 is 5.32 Å². The van der Waals surface area contributed by atoms with E-state index in [0.717, 1.165) is 30.0 Å². The molecule has 1 aromatic rings. The van der Waals surface area contributed by atoms with Crippen molar-refractivity contribution in [2.75, 3.05) is 18.3 Å². The van der Waals surface area contributed by atoms with Crippen molar-refractivity contribution in [2.24, 2.45) is 0 Å². The van der Waals surface area contributed by atoms with Crippen LogP contribution in [0.15, 0.2) is 46.9 Å². The fourth-order valence-corrected chi connectivity index (χ4v) is 3.58. The number of nitrogens with zero attached hydrogens (tertiary/aromatic N) is 1. The van der Waals surface area contributed by atoms with E-state index in [1.165, 1.54) is 13.0 Å². The minimum atomic E-state index is -4.65. The molecule has 0 aromatic heterocycles. The van der Waals surface area contributed by atoms with Crippen LogP contribution in [0.3, 0.4) is 0 Å². The van der Waals surface area contributed by atoms with Crippen molar-refractivity contribution in [1.29, 1.82) is 0 Å². The van der Waals surface area contributed by atoms with Crippen molar-refractivity contribution in [3.63, 3.8) is 0 Å². The van der Waals surface area contributed by atoms with Crippen molar-refractivity contribution < 1.29 is 32.7 Å². The quantitative estimate of drug-likeness (QED) is 0.295. The Morgan fingerprint density at radius 1 is 1.41 bits per heavy atom. The fraction of sp³-hybridized carbons (Fsp3) is 0.389. The first-order chi connectivity index (χ1) is 13.6. The maximum atomic E-state index is 13.2. The summed E-state index contributed by atoms with van der Waals surface area (Å²) in [4.78, 5) is 23.7. The predicted molar refractivity (Wildman–Crippen MR) is 100 cm³/mol. The molecule has 7 nitrogen and oxygen atoms in total. The van der Waals surface area contributed by atoms with E-state index < -0.39 is 34.2 Å². The van der Waals surface area contributed by atoms with Crippen molar-refractivity contribution in [2.45, 2.75) is 25.9 Å². The SMILES string of the molecule is CCOC(=O)C1=C(CSCO)NC(C)=C([N+](=O)[O-])C1c1cccc(C(F)(F)F)c1. The van der Waals surface area contributed by atoms with Crippen molar-refractivity contribution in [3.8, 4) is 0 Å². The number of allylic oxidation sites excluding steroid dienone is 2. The third-order valence-electron chi connectivity index (χ3n) is 4.19. The number of nitrogens with one attached hydrogen (secondary N) is 1. The summed E-state index contributed by atoms with van der Waals surface area (Å²) in [6.07, 6.45) is -4.65. The number of ether oxygens (including phenoxy) is 1. The number of halogens is 3. The molecule has 0 spiro atoms. The summed E-state index contributed by atoms with van der Waals surface area (Å²) in [5, 5.41) is 23.6. The summed E-state index contributed by atoms with van der Waals surface area (Å²) in [5.74, 6) is -2.42. The van der Waals surface area contributed by atoms with Crippen LogP contribution in [-0.4, -0.2) is 34.3 Å². The Morgan fingerprint density at radius 3 is 2.66 bits per heavy atom. The van der Waals surface area contributed by atoms with Gasteiger partial charge in [-0.05, 0) is 25.5 Å². The second-order valence-electron chi connectivity index (χ2n) is 6.04. The Hall–Kier alpha value is -2.53. The topological polar surface area (TPSA) is 102 Å². The van der Waals surface area contributed by atoms with Crippen LogP contribution in [0.25, 0.3) is 0 Å². The Bertz CT molecular complexity index is 867. The molecular formula is C18H19F3N2O5S. The normalized spacial score (nSPS) is 17.2. The zero-order chi connectivity index (χ0) is 21.8. The second kappa shape index (κ2) is 9.31. The molecule has 0 amide bonds. The molecule has 158 valence electrons. The summed E-state index contributed by atoms with van der Waals surface area (Å²) in [7, 11) is 0. The van der Waals surface area contributed by atoms with E-state index in [4.69, 9.17) is 9.84 Å². The molecule has 0 bridgehead atoms. The number of hydrogen-bond acceptors (Lipinski definition) is 7. The molecule has 1 aromatic carbocycles. The van der Waals surface area contributed by atoms with Crippen molar-refractivity contribution in [1.82, 2.24) is 5.32 Å². The molecule has 1 aliphatic rings. The van der Waals surface area contributed by atoms with E-state index >= 15 is 0 Å². The molecule has 1 aliphatic heterocycles. The zero-order valence-electron chi connectivity index (χ0n) is 15.6. The van der Waals surface area contributed by atoms with Crippen LogP contribution in [0.2, 0.25) is 0 Å².